The van der Waals surface area contributed by atoms with Crippen LogP contribution in [0.3, 0.4) is 0 Å². The molecule has 0 radical (unpaired) electrons. The maximum Gasteiger partial charge on any atom is 0.339 e. The Bertz CT molecular complexity index is 400. The summed E-state index contributed by atoms with van der Waals surface area (Å²) in [6.45, 7) is 5.59. The molecular formula is C11H10Cl2O2. The molecular weight excluding hydrogens is 235 g/mol. The van der Waals surface area contributed by atoms with Gasteiger partial charge in [0.15, 0.2) is 0 Å². The van der Waals surface area contributed by atoms with Gasteiger partial charge in [0.25, 0.3) is 0 Å². The van der Waals surface area contributed by atoms with Crippen LogP contribution in [0.4, 0.5) is 0 Å². The minimum absolute atomic E-state index is 0.192. The summed E-state index contributed by atoms with van der Waals surface area (Å²) < 4.78 is 4.94. The summed E-state index contributed by atoms with van der Waals surface area (Å²) in [6.07, 6.45) is 0. The van der Waals surface area contributed by atoms with Gasteiger partial charge in [-0.3, -0.25) is 0 Å². The summed E-state index contributed by atoms with van der Waals surface area (Å²) in [5, 5.41) is 0.769. The molecule has 80 valence electrons. The molecule has 0 aromatic heterocycles. The molecule has 0 unspecified atom stereocenters. The van der Waals surface area contributed by atoms with Crippen LogP contribution in [-0.4, -0.2) is 12.6 Å². The van der Waals surface area contributed by atoms with Gasteiger partial charge in [-0.1, -0.05) is 29.8 Å². The lowest BCUT2D eigenvalue weighted by Crippen LogP contribution is -2.07. The first-order valence-electron chi connectivity index (χ1n) is 4.27. The van der Waals surface area contributed by atoms with E-state index >= 15 is 0 Å². The van der Waals surface area contributed by atoms with Gasteiger partial charge in [0.05, 0.1) is 10.6 Å². The highest BCUT2D eigenvalue weighted by Crippen LogP contribution is 2.21. The Balaban J connectivity index is 2.78. The lowest BCUT2D eigenvalue weighted by molar-refractivity contribution is 0.0540. The second-order valence-corrected chi connectivity index (χ2v) is 4.00. The van der Waals surface area contributed by atoms with Gasteiger partial charge < -0.3 is 4.74 Å². The van der Waals surface area contributed by atoms with E-state index in [1.165, 1.54) is 12.1 Å². The average Bonchev–Trinajstić information content (AvgIpc) is 2.14. The first kappa shape index (κ1) is 12.1. The third-order valence-corrected chi connectivity index (χ3v) is 2.15. The highest BCUT2D eigenvalue weighted by molar-refractivity contribution is 6.36. The van der Waals surface area contributed by atoms with Crippen molar-refractivity contribution in [1.29, 1.82) is 0 Å². The number of esters is 1. The van der Waals surface area contributed by atoms with Crippen LogP contribution in [0.1, 0.15) is 17.3 Å². The number of ether oxygens (including phenoxy) is 1. The Hall–Kier alpha value is -0.990. The molecule has 4 heteroatoms. The second kappa shape index (κ2) is 5.19. The van der Waals surface area contributed by atoms with E-state index in [-0.39, 0.29) is 11.6 Å². The van der Waals surface area contributed by atoms with Crippen molar-refractivity contribution in [2.24, 2.45) is 0 Å². The average molecular weight is 245 g/mol. The largest absolute Gasteiger partial charge is 0.458 e. The van der Waals surface area contributed by atoms with Gasteiger partial charge in [-0.15, -0.1) is 0 Å². The Morgan fingerprint density at radius 2 is 2.13 bits per heavy atom. The number of carbonyl (C=O) groups is 1. The van der Waals surface area contributed by atoms with Crippen molar-refractivity contribution >= 4 is 29.2 Å². The number of rotatable bonds is 3. The monoisotopic (exact) mass is 244 g/mol. The number of hydrogen-bond acceptors (Lipinski definition) is 2. The standard InChI is InChI=1S/C11H10Cl2O2/c1-7(2)6-15-11(14)9-4-3-8(12)5-10(9)13/h3-5H,1,6H2,2H3. The van der Waals surface area contributed by atoms with Crippen molar-refractivity contribution in [3.8, 4) is 0 Å². The van der Waals surface area contributed by atoms with Crippen LogP contribution in [0.15, 0.2) is 30.4 Å². The first-order chi connectivity index (χ1) is 7.00. The van der Waals surface area contributed by atoms with Crippen LogP contribution in [0, 0.1) is 0 Å². The molecule has 0 aliphatic rings. The lowest BCUT2D eigenvalue weighted by atomic mass is 10.2. The number of carbonyl (C=O) groups excluding carboxylic acids is 1. The van der Waals surface area contributed by atoms with Crippen molar-refractivity contribution in [3.05, 3.63) is 46.0 Å². The van der Waals surface area contributed by atoms with E-state index in [1.807, 2.05) is 0 Å². The molecule has 0 atom stereocenters. The molecule has 0 fully saturated rings. The summed E-state index contributed by atoms with van der Waals surface area (Å²) >= 11 is 11.5. The second-order valence-electron chi connectivity index (χ2n) is 3.16. The molecule has 2 nitrogen and oxygen atoms in total. The van der Waals surface area contributed by atoms with Gasteiger partial charge >= 0.3 is 5.97 Å². The van der Waals surface area contributed by atoms with Gasteiger partial charge in [0.1, 0.15) is 6.61 Å². The summed E-state index contributed by atoms with van der Waals surface area (Å²) in [6, 6.07) is 4.62. The number of halogens is 2. The van der Waals surface area contributed by atoms with E-state index in [1.54, 1.807) is 13.0 Å². The molecule has 1 aromatic carbocycles. The highest BCUT2D eigenvalue weighted by atomic mass is 35.5. The normalized spacial score (nSPS) is 9.80. The zero-order chi connectivity index (χ0) is 11.4. The fourth-order valence-corrected chi connectivity index (χ4v) is 1.41. The van der Waals surface area contributed by atoms with E-state index in [4.69, 9.17) is 27.9 Å². The van der Waals surface area contributed by atoms with Gasteiger partial charge in [0.2, 0.25) is 0 Å². The first-order valence-corrected chi connectivity index (χ1v) is 5.03. The molecule has 0 heterocycles. The zero-order valence-electron chi connectivity index (χ0n) is 8.22. The number of benzene rings is 1. The SMILES string of the molecule is C=C(C)COC(=O)c1ccc(Cl)cc1Cl. The molecule has 0 amide bonds. The highest BCUT2D eigenvalue weighted by Gasteiger charge is 2.11. The molecule has 1 rings (SSSR count). The smallest absolute Gasteiger partial charge is 0.339 e. The van der Waals surface area contributed by atoms with Gasteiger partial charge in [-0.25, -0.2) is 4.79 Å². The Kier molecular flexibility index (Phi) is 4.18. The minimum Gasteiger partial charge on any atom is -0.458 e. The number of hydrogen-bond donors (Lipinski definition) is 0. The maximum atomic E-state index is 11.5. The minimum atomic E-state index is -0.473. The van der Waals surface area contributed by atoms with Crippen LogP contribution < -0.4 is 0 Å². The van der Waals surface area contributed by atoms with Crippen LogP contribution in [0.5, 0.6) is 0 Å². The summed E-state index contributed by atoms with van der Waals surface area (Å²) in [5.74, 6) is -0.473. The maximum absolute atomic E-state index is 11.5. The van der Waals surface area contributed by atoms with Crippen LogP contribution in [0.25, 0.3) is 0 Å². The summed E-state index contributed by atoms with van der Waals surface area (Å²) in [5.41, 5.74) is 1.08. The fraction of sp³-hybridized carbons (Fsp3) is 0.182. The van der Waals surface area contributed by atoms with Crippen molar-refractivity contribution in [1.82, 2.24) is 0 Å². The zero-order valence-corrected chi connectivity index (χ0v) is 9.73. The molecule has 0 aliphatic heterocycles. The van der Waals surface area contributed by atoms with E-state index in [9.17, 15) is 4.79 Å². The van der Waals surface area contributed by atoms with E-state index in [2.05, 4.69) is 6.58 Å². The fourth-order valence-electron chi connectivity index (χ4n) is 0.922. The molecule has 15 heavy (non-hydrogen) atoms. The van der Waals surface area contributed by atoms with Crippen molar-refractivity contribution in [2.45, 2.75) is 6.92 Å². The van der Waals surface area contributed by atoms with E-state index in [0.29, 0.717) is 10.6 Å². The predicted octanol–water partition coefficient (Wildman–Crippen LogP) is 3.73. The molecule has 0 N–H and O–H groups in total. The van der Waals surface area contributed by atoms with Crippen LogP contribution in [-0.2, 0) is 4.74 Å². The molecule has 0 aliphatic carbocycles. The van der Waals surface area contributed by atoms with Crippen molar-refractivity contribution in [3.63, 3.8) is 0 Å². The summed E-state index contributed by atoms with van der Waals surface area (Å²) in [4.78, 5) is 11.5. The van der Waals surface area contributed by atoms with Crippen molar-refractivity contribution < 1.29 is 9.53 Å². The lowest BCUT2D eigenvalue weighted by Gasteiger charge is -2.05. The third kappa shape index (κ3) is 3.57. The van der Waals surface area contributed by atoms with E-state index in [0.717, 1.165) is 5.57 Å². The summed E-state index contributed by atoms with van der Waals surface area (Å²) in [7, 11) is 0. The topological polar surface area (TPSA) is 26.3 Å². The van der Waals surface area contributed by atoms with Crippen molar-refractivity contribution in [2.75, 3.05) is 6.61 Å². The Morgan fingerprint density at radius 3 is 2.67 bits per heavy atom. The van der Waals surface area contributed by atoms with Gasteiger partial charge in [0, 0.05) is 5.02 Å². The predicted molar refractivity (Wildman–Crippen MR) is 61.6 cm³/mol. The van der Waals surface area contributed by atoms with Gasteiger partial charge in [-0.2, -0.15) is 0 Å². The molecule has 1 aromatic rings. The van der Waals surface area contributed by atoms with Crippen LogP contribution >= 0.6 is 23.2 Å². The Labute approximate surface area is 98.4 Å². The Morgan fingerprint density at radius 1 is 1.47 bits per heavy atom. The molecule has 0 bridgehead atoms. The van der Waals surface area contributed by atoms with E-state index < -0.39 is 5.97 Å². The quantitative estimate of drug-likeness (QED) is 0.599. The van der Waals surface area contributed by atoms with Crippen LogP contribution in [0.2, 0.25) is 10.0 Å². The molecule has 0 saturated heterocycles. The molecule has 0 saturated carbocycles. The molecule has 0 spiro atoms. The third-order valence-electron chi connectivity index (χ3n) is 1.60. The van der Waals surface area contributed by atoms with Gasteiger partial charge in [-0.05, 0) is 30.7 Å².